The molecule has 2 N–H and O–H groups in total. The van der Waals surface area contributed by atoms with Crippen LogP contribution in [0.1, 0.15) is 24.1 Å². The molecule has 6 nitrogen and oxygen atoms in total. The highest BCUT2D eigenvalue weighted by Crippen LogP contribution is 2.26. The first kappa shape index (κ1) is 15.6. The van der Waals surface area contributed by atoms with Gasteiger partial charge in [0.25, 0.3) is 5.56 Å². The van der Waals surface area contributed by atoms with E-state index < -0.39 is 0 Å². The number of benzene rings is 1. The number of nitrogens with zero attached hydrogens (tertiary/aromatic N) is 2. The molecule has 2 heterocycles. The van der Waals surface area contributed by atoms with Crippen molar-refractivity contribution in [3.05, 3.63) is 50.9 Å². The molecular weight excluding hydrogens is 316 g/mol. The maximum absolute atomic E-state index is 12.4. The van der Waals surface area contributed by atoms with Gasteiger partial charge in [-0.15, -0.1) is 0 Å². The molecule has 1 aromatic heterocycles. The van der Waals surface area contributed by atoms with E-state index >= 15 is 0 Å². The average Bonchev–Trinajstić information content (AvgIpc) is 2.55. The molecule has 0 aliphatic carbocycles. The minimum atomic E-state index is -0.208. The first-order valence-corrected chi connectivity index (χ1v) is 7.73. The molecule has 2 amide bonds. The lowest BCUT2D eigenvalue weighted by molar-refractivity contribution is 0.188. The second-order valence-electron chi connectivity index (χ2n) is 5.62. The van der Waals surface area contributed by atoms with Gasteiger partial charge in [0.2, 0.25) is 0 Å². The summed E-state index contributed by atoms with van der Waals surface area (Å²) in [6.07, 6.45) is 0. The zero-order valence-electron chi connectivity index (χ0n) is 12.9. The van der Waals surface area contributed by atoms with Crippen LogP contribution in [0.2, 0.25) is 5.02 Å². The number of nitrogens with one attached hydrogen (secondary N) is 2. The minimum Gasteiger partial charge on any atom is -0.341 e. The third-order valence-corrected chi connectivity index (χ3v) is 4.23. The van der Waals surface area contributed by atoms with E-state index in [1.807, 2.05) is 19.1 Å². The molecule has 1 unspecified atom stereocenters. The maximum Gasteiger partial charge on any atom is 0.317 e. The van der Waals surface area contributed by atoms with Crippen LogP contribution in [0.15, 0.2) is 29.1 Å². The van der Waals surface area contributed by atoms with E-state index in [1.165, 1.54) is 0 Å². The fourth-order valence-electron chi connectivity index (χ4n) is 2.81. The van der Waals surface area contributed by atoms with Gasteiger partial charge in [0.15, 0.2) is 0 Å². The number of H-pyrrole nitrogens is 1. The monoisotopic (exact) mass is 332 g/mol. The van der Waals surface area contributed by atoms with Crippen molar-refractivity contribution in [3.8, 4) is 11.4 Å². The number of rotatable bonds is 1. The number of halogens is 1. The number of amides is 2. The molecule has 1 aliphatic rings. The van der Waals surface area contributed by atoms with Crippen molar-refractivity contribution < 1.29 is 4.79 Å². The summed E-state index contributed by atoms with van der Waals surface area (Å²) in [6, 6.07) is 6.96. The Morgan fingerprint density at radius 1 is 1.39 bits per heavy atom. The molecule has 0 fully saturated rings. The van der Waals surface area contributed by atoms with Crippen molar-refractivity contribution in [2.45, 2.75) is 19.4 Å². The van der Waals surface area contributed by atoms with Gasteiger partial charge in [-0.25, -0.2) is 9.78 Å². The second-order valence-corrected chi connectivity index (χ2v) is 6.06. The third-order valence-electron chi connectivity index (χ3n) is 3.98. The Morgan fingerprint density at radius 2 is 2.09 bits per heavy atom. The van der Waals surface area contributed by atoms with Crippen LogP contribution in [-0.4, -0.2) is 34.5 Å². The molecule has 120 valence electrons. The fourth-order valence-corrected chi connectivity index (χ4v) is 2.93. The van der Waals surface area contributed by atoms with E-state index in [0.29, 0.717) is 23.0 Å². The topological polar surface area (TPSA) is 78.1 Å². The molecule has 0 saturated heterocycles. The van der Waals surface area contributed by atoms with Gasteiger partial charge in [-0.1, -0.05) is 18.5 Å². The smallest absolute Gasteiger partial charge is 0.317 e. The molecule has 0 bridgehead atoms. The van der Waals surface area contributed by atoms with E-state index in [4.69, 9.17) is 11.6 Å². The van der Waals surface area contributed by atoms with Gasteiger partial charge < -0.3 is 15.2 Å². The highest BCUT2D eigenvalue weighted by atomic mass is 35.5. The van der Waals surface area contributed by atoms with Gasteiger partial charge in [-0.3, -0.25) is 4.79 Å². The molecule has 1 aromatic carbocycles. The van der Waals surface area contributed by atoms with Gasteiger partial charge in [-0.2, -0.15) is 0 Å². The van der Waals surface area contributed by atoms with Gasteiger partial charge in [0.05, 0.1) is 17.8 Å². The maximum atomic E-state index is 12.4. The highest BCUT2D eigenvalue weighted by Gasteiger charge is 2.29. The van der Waals surface area contributed by atoms with Crippen molar-refractivity contribution in [3.63, 3.8) is 0 Å². The van der Waals surface area contributed by atoms with Crippen molar-refractivity contribution in [2.75, 3.05) is 13.6 Å². The Hall–Kier alpha value is -2.34. The lowest BCUT2D eigenvalue weighted by Gasteiger charge is -2.31. The molecule has 23 heavy (non-hydrogen) atoms. The van der Waals surface area contributed by atoms with Crippen LogP contribution in [0.5, 0.6) is 0 Å². The van der Waals surface area contributed by atoms with Crippen molar-refractivity contribution in [2.24, 2.45) is 0 Å². The van der Waals surface area contributed by atoms with Gasteiger partial charge in [-0.05, 0) is 24.3 Å². The summed E-state index contributed by atoms with van der Waals surface area (Å²) < 4.78 is 0. The number of urea groups is 1. The summed E-state index contributed by atoms with van der Waals surface area (Å²) >= 11 is 5.89. The van der Waals surface area contributed by atoms with E-state index in [0.717, 1.165) is 11.3 Å². The van der Waals surface area contributed by atoms with Crippen LogP contribution in [0.25, 0.3) is 11.4 Å². The van der Waals surface area contributed by atoms with Crippen LogP contribution < -0.4 is 10.9 Å². The zero-order chi connectivity index (χ0) is 16.6. The number of hydrogen-bond acceptors (Lipinski definition) is 3. The van der Waals surface area contributed by atoms with E-state index in [2.05, 4.69) is 15.3 Å². The van der Waals surface area contributed by atoms with Crippen molar-refractivity contribution >= 4 is 17.6 Å². The number of hydrogen-bond donors (Lipinski definition) is 2. The number of aromatic amines is 1. The Bertz CT molecular complexity index is 801. The largest absolute Gasteiger partial charge is 0.341 e. The molecule has 1 atom stereocenters. The summed E-state index contributed by atoms with van der Waals surface area (Å²) in [5, 5.41) is 3.22. The molecule has 2 aromatic rings. The van der Waals surface area contributed by atoms with Gasteiger partial charge >= 0.3 is 6.03 Å². The summed E-state index contributed by atoms with van der Waals surface area (Å²) in [6.45, 7) is 2.76. The molecular formula is C16H17ClN4O2. The molecule has 0 spiro atoms. The molecule has 3 rings (SSSR count). The van der Waals surface area contributed by atoms with Crippen LogP contribution in [-0.2, 0) is 6.54 Å². The first-order chi connectivity index (χ1) is 11.0. The van der Waals surface area contributed by atoms with Crippen molar-refractivity contribution in [1.29, 1.82) is 0 Å². The summed E-state index contributed by atoms with van der Waals surface area (Å²) in [4.78, 5) is 33.3. The minimum absolute atomic E-state index is 0.00981. The molecule has 0 radical (unpaired) electrons. The summed E-state index contributed by atoms with van der Waals surface area (Å²) in [7, 11) is 1.58. The Kier molecular flexibility index (Phi) is 4.09. The predicted octanol–water partition coefficient (Wildman–Crippen LogP) is 2.35. The van der Waals surface area contributed by atoms with Gasteiger partial charge in [0.1, 0.15) is 5.82 Å². The number of fused-ring (bicyclic) bond motifs is 1. The highest BCUT2D eigenvalue weighted by molar-refractivity contribution is 6.30. The lowest BCUT2D eigenvalue weighted by atomic mass is 9.97. The number of carbonyl (C=O) groups is 1. The summed E-state index contributed by atoms with van der Waals surface area (Å²) in [5.41, 5.74) is 1.89. The molecule has 0 saturated carbocycles. The number of aromatic nitrogens is 2. The summed E-state index contributed by atoms with van der Waals surface area (Å²) in [5.74, 6) is 0.509. The van der Waals surface area contributed by atoms with Crippen molar-refractivity contribution in [1.82, 2.24) is 20.2 Å². The van der Waals surface area contributed by atoms with Crippen LogP contribution in [0.3, 0.4) is 0 Å². The van der Waals surface area contributed by atoms with Crippen LogP contribution >= 0.6 is 11.6 Å². The third kappa shape index (κ3) is 2.94. The fraction of sp³-hybridized carbons (Fsp3) is 0.312. The van der Waals surface area contributed by atoms with E-state index in [-0.39, 0.29) is 24.1 Å². The Labute approximate surface area is 138 Å². The molecule has 1 aliphatic heterocycles. The van der Waals surface area contributed by atoms with Crippen LogP contribution in [0, 0.1) is 0 Å². The normalized spacial score (nSPS) is 16.8. The zero-order valence-corrected chi connectivity index (χ0v) is 13.6. The van der Waals surface area contributed by atoms with E-state index in [9.17, 15) is 9.59 Å². The van der Waals surface area contributed by atoms with Gasteiger partial charge in [0, 0.05) is 30.1 Å². The number of carbonyl (C=O) groups excluding carboxylic acids is 1. The van der Waals surface area contributed by atoms with Crippen LogP contribution in [0.4, 0.5) is 4.79 Å². The standard InChI is InChI=1S/C16H17ClN4O2/c1-9-7-21(16(23)18-2)8-12-13(9)19-14(20-15(12)22)10-3-5-11(17)6-4-10/h3-6,9H,7-8H2,1-2H3,(H,18,23)(H,19,20,22). The first-order valence-electron chi connectivity index (χ1n) is 7.35. The second kappa shape index (κ2) is 6.04. The molecule has 7 heteroatoms. The SMILES string of the molecule is CNC(=O)N1Cc2c(nc(-c3ccc(Cl)cc3)[nH]c2=O)C(C)C1. The predicted molar refractivity (Wildman–Crippen MR) is 88.6 cm³/mol. The average molecular weight is 333 g/mol. The quantitative estimate of drug-likeness (QED) is 0.841. The lowest BCUT2D eigenvalue weighted by Crippen LogP contribution is -2.44. The van der Waals surface area contributed by atoms with E-state index in [1.54, 1.807) is 24.1 Å². The Balaban J connectivity index is 2.03. The Morgan fingerprint density at radius 3 is 2.74 bits per heavy atom.